The second-order valence-electron chi connectivity index (χ2n) is 8.47. The van der Waals surface area contributed by atoms with Gasteiger partial charge in [0, 0.05) is 29.6 Å². The van der Waals surface area contributed by atoms with Crippen molar-refractivity contribution in [2.45, 2.75) is 39.7 Å². The molecule has 0 spiro atoms. The molecule has 1 fully saturated rings. The van der Waals surface area contributed by atoms with E-state index in [4.69, 9.17) is 10.5 Å². The number of carbonyl (C=O) groups is 1. The van der Waals surface area contributed by atoms with Gasteiger partial charge in [0.25, 0.3) is 5.91 Å². The minimum absolute atomic E-state index is 0.112. The van der Waals surface area contributed by atoms with E-state index < -0.39 is 5.91 Å². The van der Waals surface area contributed by atoms with E-state index >= 15 is 0 Å². The summed E-state index contributed by atoms with van der Waals surface area (Å²) < 4.78 is 7.06. The fraction of sp³-hybridized carbons (Fsp3) is 0.409. The average molecular weight is 393 g/mol. The number of ether oxygens (including phenoxy) is 1. The second-order valence-corrected chi connectivity index (χ2v) is 8.47. The lowest BCUT2D eigenvalue weighted by Crippen LogP contribution is -2.35. The van der Waals surface area contributed by atoms with Crippen molar-refractivity contribution in [2.24, 2.45) is 17.1 Å². The molecule has 1 unspecified atom stereocenters. The van der Waals surface area contributed by atoms with Crippen LogP contribution >= 0.6 is 0 Å². The minimum Gasteiger partial charge on any atom is -0.495 e. The number of hydrogen-bond donors (Lipinski definition) is 2. The van der Waals surface area contributed by atoms with Crippen molar-refractivity contribution in [1.82, 2.24) is 14.6 Å². The predicted octanol–water partition coefficient (Wildman–Crippen LogP) is 3.74. The third-order valence-electron chi connectivity index (χ3n) is 6.56. The Morgan fingerprint density at radius 1 is 1.24 bits per heavy atom. The van der Waals surface area contributed by atoms with Crippen LogP contribution in [-0.4, -0.2) is 33.7 Å². The molecule has 1 aliphatic rings. The Bertz CT molecular complexity index is 1070. The predicted molar refractivity (Wildman–Crippen MR) is 113 cm³/mol. The van der Waals surface area contributed by atoms with E-state index in [2.05, 4.69) is 36.2 Å². The van der Waals surface area contributed by atoms with E-state index in [9.17, 15) is 4.79 Å². The van der Waals surface area contributed by atoms with Gasteiger partial charge in [0.1, 0.15) is 5.75 Å². The first-order chi connectivity index (χ1) is 13.8. The Labute approximate surface area is 170 Å². The van der Waals surface area contributed by atoms with Crippen LogP contribution in [0.3, 0.4) is 0 Å². The van der Waals surface area contributed by atoms with Crippen molar-refractivity contribution in [3.05, 3.63) is 42.5 Å². The molecule has 152 valence electrons. The summed E-state index contributed by atoms with van der Waals surface area (Å²) in [6, 6.07) is 4.17. The maximum absolute atomic E-state index is 12.1. The monoisotopic (exact) mass is 393 g/mol. The number of hydrogen-bond acceptors (Lipinski definition) is 5. The van der Waals surface area contributed by atoms with Crippen LogP contribution in [0.2, 0.25) is 0 Å². The van der Waals surface area contributed by atoms with E-state index in [0.717, 1.165) is 35.2 Å². The number of nitrogens with zero attached hydrogens (tertiary/aromatic N) is 3. The SMILES string of the molecule is COc1cncc(-c2cc3c(N[C@@H]4CCC(C)C4(C)C)c(C(N)=O)cnn3c2)c1. The molecule has 3 aromatic heterocycles. The molecule has 0 radical (unpaired) electrons. The van der Waals surface area contributed by atoms with Crippen LogP contribution < -0.4 is 15.8 Å². The molecule has 3 N–H and O–H groups in total. The molecule has 7 heteroatoms. The summed E-state index contributed by atoms with van der Waals surface area (Å²) in [4.78, 5) is 16.4. The highest BCUT2D eigenvalue weighted by Gasteiger charge is 2.41. The molecule has 29 heavy (non-hydrogen) atoms. The number of nitrogens with two attached hydrogens (primary N) is 1. The third kappa shape index (κ3) is 3.30. The zero-order valence-corrected chi connectivity index (χ0v) is 17.3. The lowest BCUT2D eigenvalue weighted by atomic mass is 9.80. The minimum atomic E-state index is -0.489. The number of carbonyl (C=O) groups excluding carboxylic acids is 1. The van der Waals surface area contributed by atoms with Gasteiger partial charge < -0.3 is 15.8 Å². The number of nitrogens with one attached hydrogen (secondary N) is 1. The van der Waals surface area contributed by atoms with Crippen LogP contribution in [0.1, 0.15) is 44.0 Å². The molecular weight excluding hydrogens is 366 g/mol. The van der Waals surface area contributed by atoms with Crippen molar-refractivity contribution in [1.29, 1.82) is 0 Å². The number of primary amides is 1. The fourth-order valence-corrected chi connectivity index (χ4v) is 4.18. The van der Waals surface area contributed by atoms with Crippen molar-refractivity contribution in [3.8, 4) is 16.9 Å². The molecule has 3 aromatic rings. The molecule has 0 aromatic carbocycles. The largest absolute Gasteiger partial charge is 0.495 e. The van der Waals surface area contributed by atoms with Crippen LogP contribution in [0.4, 0.5) is 5.69 Å². The summed E-state index contributed by atoms with van der Waals surface area (Å²) in [5, 5.41) is 8.04. The summed E-state index contributed by atoms with van der Waals surface area (Å²) in [5.41, 5.74) is 9.60. The van der Waals surface area contributed by atoms with Gasteiger partial charge in [-0.25, -0.2) is 4.52 Å². The smallest absolute Gasteiger partial charge is 0.252 e. The van der Waals surface area contributed by atoms with Crippen LogP contribution in [-0.2, 0) is 0 Å². The number of aromatic nitrogens is 3. The Morgan fingerprint density at radius 3 is 2.69 bits per heavy atom. The summed E-state index contributed by atoms with van der Waals surface area (Å²) >= 11 is 0. The van der Waals surface area contributed by atoms with E-state index in [0.29, 0.717) is 17.2 Å². The van der Waals surface area contributed by atoms with Crippen molar-refractivity contribution in [2.75, 3.05) is 12.4 Å². The fourth-order valence-electron chi connectivity index (χ4n) is 4.18. The molecule has 0 saturated heterocycles. The highest BCUT2D eigenvalue weighted by atomic mass is 16.5. The van der Waals surface area contributed by atoms with Crippen LogP contribution in [0.25, 0.3) is 16.6 Å². The summed E-state index contributed by atoms with van der Waals surface area (Å²) in [6.07, 6.45) is 9.11. The third-order valence-corrected chi connectivity index (χ3v) is 6.56. The number of rotatable bonds is 5. The Hall–Kier alpha value is -3.09. The quantitative estimate of drug-likeness (QED) is 0.689. The zero-order chi connectivity index (χ0) is 20.8. The molecular formula is C22H27N5O2. The Morgan fingerprint density at radius 2 is 2.03 bits per heavy atom. The summed E-state index contributed by atoms with van der Waals surface area (Å²) in [7, 11) is 1.62. The maximum Gasteiger partial charge on any atom is 0.252 e. The molecule has 2 atom stereocenters. The van der Waals surface area contributed by atoms with Gasteiger partial charge in [-0.05, 0) is 36.3 Å². The van der Waals surface area contributed by atoms with Crippen LogP contribution in [0.5, 0.6) is 5.75 Å². The molecule has 1 aliphatic carbocycles. The molecule has 0 bridgehead atoms. The lowest BCUT2D eigenvalue weighted by molar-refractivity contribution is 0.100. The van der Waals surface area contributed by atoms with Gasteiger partial charge in [-0.15, -0.1) is 0 Å². The van der Waals surface area contributed by atoms with Gasteiger partial charge >= 0.3 is 0 Å². The standard InChI is InChI=1S/C22H27N5O2/c1-13-5-6-19(22(13,2)3)26-20-17(21(23)28)11-25-27-12-15(8-18(20)27)14-7-16(29-4)10-24-9-14/h7-13,19,26H,5-6H2,1-4H3,(H2,23,28)/t13?,19-/m1/s1. The molecule has 7 nitrogen and oxygen atoms in total. The summed E-state index contributed by atoms with van der Waals surface area (Å²) in [5.74, 6) is 0.792. The van der Waals surface area contributed by atoms with E-state index in [-0.39, 0.29) is 11.5 Å². The van der Waals surface area contributed by atoms with Crippen molar-refractivity contribution < 1.29 is 9.53 Å². The lowest BCUT2D eigenvalue weighted by Gasteiger charge is -2.33. The topological polar surface area (TPSA) is 94.5 Å². The maximum atomic E-state index is 12.1. The first-order valence-electron chi connectivity index (χ1n) is 9.88. The number of methoxy groups -OCH3 is 1. The average Bonchev–Trinajstić information content (AvgIpc) is 3.24. The normalized spacial score (nSPS) is 20.7. The van der Waals surface area contributed by atoms with Gasteiger partial charge in [0.15, 0.2) is 0 Å². The van der Waals surface area contributed by atoms with Gasteiger partial charge in [-0.1, -0.05) is 20.8 Å². The van der Waals surface area contributed by atoms with Gasteiger partial charge in [0.2, 0.25) is 0 Å². The van der Waals surface area contributed by atoms with Crippen LogP contribution in [0, 0.1) is 11.3 Å². The van der Waals surface area contributed by atoms with Crippen molar-refractivity contribution >= 4 is 17.1 Å². The van der Waals surface area contributed by atoms with Gasteiger partial charge in [0.05, 0.1) is 36.3 Å². The number of amides is 1. The molecule has 1 amide bonds. The highest BCUT2D eigenvalue weighted by Crippen LogP contribution is 2.44. The number of anilines is 1. The summed E-state index contributed by atoms with van der Waals surface area (Å²) in [6.45, 7) is 6.83. The van der Waals surface area contributed by atoms with Crippen molar-refractivity contribution in [3.63, 3.8) is 0 Å². The molecule has 4 rings (SSSR count). The van der Waals surface area contributed by atoms with Gasteiger partial charge in [-0.2, -0.15) is 5.10 Å². The number of fused-ring (bicyclic) bond motifs is 1. The molecule has 1 saturated carbocycles. The van der Waals surface area contributed by atoms with E-state index in [1.54, 1.807) is 24.0 Å². The first-order valence-corrected chi connectivity index (χ1v) is 9.88. The Kier molecular flexibility index (Phi) is 4.68. The van der Waals surface area contributed by atoms with Crippen LogP contribution in [0.15, 0.2) is 36.9 Å². The Balaban J connectivity index is 1.82. The van der Waals surface area contributed by atoms with E-state index in [1.807, 2.05) is 18.3 Å². The zero-order valence-electron chi connectivity index (χ0n) is 17.3. The number of pyridine rings is 1. The van der Waals surface area contributed by atoms with Gasteiger partial charge in [-0.3, -0.25) is 9.78 Å². The van der Waals surface area contributed by atoms with E-state index in [1.165, 1.54) is 6.20 Å². The first kappa shape index (κ1) is 19.2. The molecule has 3 heterocycles. The molecule has 0 aliphatic heterocycles. The second kappa shape index (κ2) is 7.06. The highest BCUT2D eigenvalue weighted by molar-refractivity contribution is 6.02.